The first-order valence-electron chi connectivity index (χ1n) is 8.18. The highest BCUT2D eigenvalue weighted by molar-refractivity contribution is 5.93. The summed E-state index contributed by atoms with van der Waals surface area (Å²) >= 11 is 0. The Labute approximate surface area is 146 Å². The third kappa shape index (κ3) is 4.54. The maximum atomic E-state index is 12.3. The zero-order chi connectivity index (χ0) is 18.8. The molecular formula is C17H24N4O4. The van der Waals surface area contributed by atoms with Gasteiger partial charge in [0.1, 0.15) is 0 Å². The molecule has 0 radical (unpaired) electrons. The lowest BCUT2D eigenvalue weighted by Crippen LogP contribution is -2.51. The van der Waals surface area contributed by atoms with Gasteiger partial charge in [0.2, 0.25) is 11.8 Å². The topological polar surface area (TPSA) is 110 Å². The van der Waals surface area contributed by atoms with Gasteiger partial charge in [-0.2, -0.15) is 0 Å². The highest BCUT2D eigenvalue weighted by atomic mass is 16.6. The number of carbonyl (C=O) groups is 2. The van der Waals surface area contributed by atoms with Crippen LogP contribution in [0, 0.1) is 15.5 Å². The van der Waals surface area contributed by atoms with E-state index in [9.17, 15) is 19.7 Å². The van der Waals surface area contributed by atoms with E-state index < -0.39 is 16.2 Å². The fourth-order valence-corrected chi connectivity index (χ4v) is 2.85. The summed E-state index contributed by atoms with van der Waals surface area (Å²) in [6.45, 7) is 8.58. The van der Waals surface area contributed by atoms with Crippen LogP contribution in [0.15, 0.2) is 18.2 Å². The summed E-state index contributed by atoms with van der Waals surface area (Å²) in [4.78, 5) is 38.2. The maximum absolute atomic E-state index is 12.3. The van der Waals surface area contributed by atoms with E-state index in [4.69, 9.17) is 5.73 Å². The largest absolute Gasteiger partial charge is 0.366 e. The van der Waals surface area contributed by atoms with Crippen LogP contribution >= 0.6 is 0 Å². The summed E-state index contributed by atoms with van der Waals surface area (Å²) in [5.41, 5.74) is 5.32. The van der Waals surface area contributed by atoms with E-state index in [2.05, 4.69) is 4.90 Å². The molecule has 1 aliphatic heterocycles. The average molecular weight is 348 g/mol. The molecule has 2 amide bonds. The number of rotatable bonds is 4. The van der Waals surface area contributed by atoms with Crippen molar-refractivity contribution in [1.82, 2.24) is 9.80 Å². The van der Waals surface area contributed by atoms with E-state index in [0.717, 1.165) is 0 Å². The molecule has 1 aliphatic rings. The number of nitrogens with zero attached hydrogens (tertiary/aromatic N) is 3. The molecule has 25 heavy (non-hydrogen) atoms. The Kier molecular flexibility index (Phi) is 5.42. The van der Waals surface area contributed by atoms with Gasteiger partial charge < -0.3 is 10.6 Å². The summed E-state index contributed by atoms with van der Waals surface area (Å²) in [7, 11) is 0. The summed E-state index contributed by atoms with van der Waals surface area (Å²) in [6, 6.07) is 4.30. The Bertz CT molecular complexity index is 688. The molecule has 2 rings (SSSR count). The van der Waals surface area contributed by atoms with E-state index in [-0.39, 0.29) is 17.2 Å². The molecule has 0 atom stereocenters. The second-order valence-corrected chi connectivity index (χ2v) is 7.28. The molecule has 8 heteroatoms. The minimum absolute atomic E-state index is 0.107. The van der Waals surface area contributed by atoms with Crippen LogP contribution < -0.4 is 5.73 Å². The zero-order valence-electron chi connectivity index (χ0n) is 14.8. The Morgan fingerprint density at radius 1 is 1.20 bits per heavy atom. The third-order valence-electron chi connectivity index (χ3n) is 4.26. The van der Waals surface area contributed by atoms with Gasteiger partial charge in [0.05, 0.1) is 4.92 Å². The lowest BCUT2D eigenvalue weighted by Gasteiger charge is -2.37. The van der Waals surface area contributed by atoms with Crippen molar-refractivity contribution < 1.29 is 14.5 Å². The predicted molar refractivity (Wildman–Crippen MR) is 92.9 cm³/mol. The van der Waals surface area contributed by atoms with Crippen LogP contribution in [0.25, 0.3) is 0 Å². The molecule has 1 aromatic carbocycles. The van der Waals surface area contributed by atoms with Crippen molar-refractivity contribution in [3.63, 3.8) is 0 Å². The Morgan fingerprint density at radius 2 is 1.80 bits per heavy atom. The number of amides is 2. The average Bonchev–Trinajstić information content (AvgIpc) is 2.54. The van der Waals surface area contributed by atoms with Crippen LogP contribution in [-0.4, -0.2) is 52.7 Å². The standard InChI is InChI=1S/C17H24N4O4/c1-17(2,3)16(23)20-8-6-19(7-9-20)11-13-5-4-12(15(18)22)10-14(13)21(24)25/h4-5,10H,6-9,11H2,1-3H3,(H2,18,22). The number of nitro benzene ring substituents is 1. The van der Waals surface area contributed by atoms with Crippen molar-refractivity contribution in [2.75, 3.05) is 26.2 Å². The fourth-order valence-electron chi connectivity index (χ4n) is 2.85. The molecule has 0 bridgehead atoms. The lowest BCUT2D eigenvalue weighted by molar-refractivity contribution is -0.385. The van der Waals surface area contributed by atoms with Gasteiger partial charge in [-0.05, 0) is 6.07 Å². The van der Waals surface area contributed by atoms with Gasteiger partial charge in [-0.1, -0.05) is 26.8 Å². The number of carbonyl (C=O) groups excluding carboxylic acids is 2. The van der Waals surface area contributed by atoms with Crippen molar-refractivity contribution in [3.8, 4) is 0 Å². The zero-order valence-corrected chi connectivity index (χ0v) is 14.8. The highest BCUT2D eigenvalue weighted by Gasteiger charge is 2.30. The van der Waals surface area contributed by atoms with Crippen molar-refractivity contribution in [1.29, 1.82) is 0 Å². The quantitative estimate of drug-likeness (QED) is 0.653. The summed E-state index contributed by atoms with van der Waals surface area (Å²) in [5.74, 6) is -0.576. The molecule has 1 fully saturated rings. The molecule has 0 spiro atoms. The van der Waals surface area contributed by atoms with Crippen LogP contribution in [-0.2, 0) is 11.3 Å². The van der Waals surface area contributed by atoms with Crippen LogP contribution in [0.4, 0.5) is 5.69 Å². The van der Waals surface area contributed by atoms with Gasteiger partial charge in [-0.3, -0.25) is 24.6 Å². The second kappa shape index (κ2) is 7.18. The fraction of sp³-hybridized carbons (Fsp3) is 0.529. The Hall–Kier alpha value is -2.48. The van der Waals surface area contributed by atoms with Crippen molar-refractivity contribution in [2.45, 2.75) is 27.3 Å². The first-order chi connectivity index (χ1) is 11.6. The van der Waals surface area contributed by atoms with E-state index >= 15 is 0 Å². The predicted octanol–water partition coefficient (Wildman–Crippen LogP) is 1.38. The third-order valence-corrected chi connectivity index (χ3v) is 4.26. The first-order valence-corrected chi connectivity index (χ1v) is 8.18. The van der Waals surface area contributed by atoms with Gasteiger partial charge in [0.25, 0.3) is 5.69 Å². The normalized spacial score (nSPS) is 15.9. The number of primary amides is 1. The van der Waals surface area contributed by atoms with Crippen molar-refractivity contribution in [3.05, 3.63) is 39.4 Å². The van der Waals surface area contributed by atoms with E-state index in [1.807, 2.05) is 25.7 Å². The number of nitro groups is 1. The maximum Gasteiger partial charge on any atom is 0.274 e. The highest BCUT2D eigenvalue weighted by Crippen LogP contribution is 2.23. The monoisotopic (exact) mass is 348 g/mol. The minimum Gasteiger partial charge on any atom is -0.366 e. The molecule has 8 nitrogen and oxygen atoms in total. The lowest BCUT2D eigenvalue weighted by atomic mass is 9.94. The summed E-state index contributed by atoms with van der Waals surface area (Å²) in [5, 5.41) is 11.3. The minimum atomic E-state index is -0.691. The van der Waals surface area contributed by atoms with Gasteiger partial charge in [0.15, 0.2) is 0 Å². The van der Waals surface area contributed by atoms with Crippen LogP contribution in [0.2, 0.25) is 0 Å². The van der Waals surface area contributed by atoms with Gasteiger partial charge in [0, 0.05) is 55.3 Å². The van der Waals surface area contributed by atoms with E-state index in [0.29, 0.717) is 38.3 Å². The molecule has 2 N–H and O–H groups in total. The summed E-state index contributed by atoms with van der Waals surface area (Å²) < 4.78 is 0. The molecule has 1 aromatic rings. The van der Waals surface area contributed by atoms with Crippen LogP contribution in [0.3, 0.4) is 0 Å². The molecule has 0 aliphatic carbocycles. The Morgan fingerprint density at radius 3 is 2.28 bits per heavy atom. The molecule has 0 saturated carbocycles. The molecule has 0 unspecified atom stereocenters. The van der Waals surface area contributed by atoms with Gasteiger partial charge >= 0.3 is 0 Å². The molecule has 136 valence electrons. The van der Waals surface area contributed by atoms with Gasteiger partial charge in [-0.15, -0.1) is 0 Å². The Balaban J connectivity index is 2.06. The number of piperazine rings is 1. The van der Waals surface area contributed by atoms with Crippen molar-refractivity contribution >= 4 is 17.5 Å². The number of nitrogens with two attached hydrogens (primary N) is 1. The summed E-state index contributed by atoms with van der Waals surface area (Å²) in [6.07, 6.45) is 0. The molecule has 0 aromatic heterocycles. The van der Waals surface area contributed by atoms with Crippen LogP contribution in [0.5, 0.6) is 0 Å². The number of hydrogen-bond donors (Lipinski definition) is 1. The van der Waals surface area contributed by atoms with Crippen LogP contribution in [0.1, 0.15) is 36.7 Å². The molecule has 1 heterocycles. The van der Waals surface area contributed by atoms with E-state index in [1.165, 1.54) is 12.1 Å². The number of benzene rings is 1. The smallest absolute Gasteiger partial charge is 0.274 e. The SMILES string of the molecule is CC(C)(C)C(=O)N1CCN(Cc2ccc(C(N)=O)cc2[N+](=O)[O-])CC1. The number of hydrogen-bond acceptors (Lipinski definition) is 5. The van der Waals surface area contributed by atoms with E-state index in [1.54, 1.807) is 6.07 Å². The van der Waals surface area contributed by atoms with Crippen molar-refractivity contribution in [2.24, 2.45) is 11.1 Å². The molecular weight excluding hydrogens is 324 g/mol. The first kappa shape index (κ1) is 18.9. The molecule has 1 saturated heterocycles. The second-order valence-electron chi connectivity index (χ2n) is 7.28. The van der Waals surface area contributed by atoms with Gasteiger partial charge in [-0.25, -0.2) is 0 Å².